The Morgan fingerprint density at radius 1 is 0.643 bits per heavy atom. The van der Waals surface area contributed by atoms with Gasteiger partial charge in [-0.3, -0.25) is 19.1 Å². The summed E-state index contributed by atoms with van der Waals surface area (Å²) in [5.74, 6) is 2.13. The Morgan fingerprint density at radius 3 is 1.93 bits per heavy atom. The van der Waals surface area contributed by atoms with Crippen molar-refractivity contribution < 1.29 is 9.47 Å². The lowest BCUT2D eigenvalue weighted by molar-refractivity contribution is 0.327. The zero-order valence-corrected chi connectivity index (χ0v) is 22.9. The van der Waals surface area contributed by atoms with Crippen LogP contribution in [0.25, 0.3) is 27.6 Å². The third-order valence-electron chi connectivity index (χ3n) is 7.72. The summed E-state index contributed by atoms with van der Waals surface area (Å²) in [5.41, 5.74) is 4.53. The van der Waals surface area contributed by atoms with Crippen molar-refractivity contribution in [3.8, 4) is 17.6 Å². The largest absolute Gasteiger partial charge is 0.478 e. The first-order chi connectivity index (χ1) is 20.7. The molecule has 0 unspecified atom stereocenters. The van der Waals surface area contributed by atoms with Gasteiger partial charge in [0.05, 0.1) is 35.4 Å². The fraction of sp³-hybridized carbons (Fsp3) is 0.176. The lowest BCUT2D eigenvalue weighted by Gasteiger charge is -2.15. The van der Waals surface area contributed by atoms with E-state index in [0.717, 1.165) is 57.9 Å². The molecule has 0 spiro atoms. The zero-order valence-electron chi connectivity index (χ0n) is 22.9. The number of hydrogen-bond donors (Lipinski definition) is 0. The van der Waals surface area contributed by atoms with Gasteiger partial charge in [0.15, 0.2) is 10.9 Å². The molecule has 0 atom stereocenters. The summed E-state index contributed by atoms with van der Waals surface area (Å²) < 4.78 is 15.5. The van der Waals surface area contributed by atoms with Gasteiger partial charge in [0, 0.05) is 54.7 Å². The third-order valence-corrected chi connectivity index (χ3v) is 7.72. The van der Waals surface area contributed by atoms with Crippen molar-refractivity contribution >= 4 is 21.8 Å². The highest BCUT2D eigenvalue weighted by Gasteiger charge is 2.24. The number of pyridine rings is 4. The standard InChI is InChI=1S/C18H16N2O2.C16H12N2O2/c21-17-14-6-1-2-7-16(14)20(18-15(17)9-12-22-18)11-8-13-5-3-4-10-19-13;19-15-11-5-1-2-6-13(11)18(14-7-3-4-9-17-14)16-12(15)8-10-20-16/h1-7,10H,8-9,11-12H2;1-7,9H,8,10H2. The van der Waals surface area contributed by atoms with Gasteiger partial charge in [0.2, 0.25) is 11.8 Å². The number of nitrogens with zero attached hydrogens (tertiary/aromatic N) is 4. The predicted octanol–water partition coefficient (Wildman–Crippen LogP) is 4.89. The number of ether oxygens (including phenoxy) is 2. The Balaban J connectivity index is 0.000000138. The second kappa shape index (κ2) is 11.0. The van der Waals surface area contributed by atoms with E-state index in [1.54, 1.807) is 12.4 Å². The fourth-order valence-electron chi connectivity index (χ4n) is 5.76. The first-order valence-electron chi connectivity index (χ1n) is 14.1. The summed E-state index contributed by atoms with van der Waals surface area (Å²) in [6, 6.07) is 27.0. The van der Waals surface area contributed by atoms with Crippen LogP contribution in [0, 0.1) is 0 Å². The number of hydrogen-bond acceptors (Lipinski definition) is 6. The van der Waals surface area contributed by atoms with Gasteiger partial charge in [-0.05, 0) is 48.5 Å². The van der Waals surface area contributed by atoms with Gasteiger partial charge in [-0.1, -0.05) is 36.4 Å². The van der Waals surface area contributed by atoms with E-state index < -0.39 is 0 Å². The molecule has 0 radical (unpaired) electrons. The molecule has 42 heavy (non-hydrogen) atoms. The van der Waals surface area contributed by atoms with Crippen LogP contribution in [0.15, 0.2) is 107 Å². The number of para-hydroxylation sites is 2. The quantitative estimate of drug-likeness (QED) is 0.307. The summed E-state index contributed by atoms with van der Waals surface area (Å²) in [5, 5.41) is 1.48. The summed E-state index contributed by atoms with van der Waals surface area (Å²) >= 11 is 0. The van der Waals surface area contributed by atoms with Crippen molar-refractivity contribution in [1.29, 1.82) is 0 Å². The highest BCUT2D eigenvalue weighted by atomic mass is 16.5. The summed E-state index contributed by atoms with van der Waals surface area (Å²) in [7, 11) is 0. The normalized spacial score (nSPS) is 13.1. The Bertz CT molecular complexity index is 2040. The van der Waals surface area contributed by atoms with Gasteiger partial charge >= 0.3 is 0 Å². The second-order valence-corrected chi connectivity index (χ2v) is 10.2. The first-order valence-corrected chi connectivity index (χ1v) is 14.1. The minimum atomic E-state index is 0.0697. The maximum absolute atomic E-state index is 12.5. The van der Waals surface area contributed by atoms with Crippen LogP contribution in [0.3, 0.4) is 0 Å². The van der Waals surface area contributed by atoms with E-state index >= 15 is 0 Å². The van der Waals surface area contributed by atoms with Crippen molar-refractivity contribution in [2.45, 2.75) is 25.8 Å². The molecule has 0 aliphatic carbocycles. The molecule has 2 aliphatic rings. The number of fused-ring (bicyclic) bond motifs is 4. The maximum atomic E-state index is 12.5. The molecule has 2 aromatic carbocycles. The van der Waals surface area contributed by atoms with Crippen molar-refractivity contribution in [2.75, 3.05) is 13.2 Å². The highest BCUT2D eigenvalue weighted by molar-refractivity contribution is 5.83. The number of rotatable bonds is 4. The van der Waals surface area contributed by atoms with Crippen LogP contribution >= 0.6 is 0 Å². The predicted molar refractivity (Wildman–Crippen MR) is 162 cm³/mol. The molecule has 208 valence electrons. The SMILES string of the molecule is O=c1c2c(n(-c3ccccn3)c3ccccc13)OCC2.O=c1c2c(n(CCc3ccccn3)c3ccccc13)OCC2. The van der Waals surface area contributed by atoms with E-state index in [0.29, 0.717) is 37.3 Å². The molecule has 6 heterocycles. The molecule has 0 fully saturated rings. The van der Waals surface area contributed by atoms with E-state index in [-0.39, 0.29) is 10.9 Å². The van der Waals surface area contributed by atoms with Gasteiger partial charge in [-0.15, -0.1) is 0 Å². The van der Waals surface area contributed by atoms with Crippen molar-refractivity contribution in [1.82, 2.24) is 19.1 Å². The van der Waals surface area contributed by atoms with Gasteiger partial charge < -0.3 is 14.0 Å². The summed E-state index contributed by atoms with van der Waals surface area (Å²) in [6.07, 6.45) is 5.71. The average molecular weight is 557 g/mol. The molecule has 2 aliphatic heterocycles. The Morgan fingerprint density at radius 2 is 1.24 bits per heavy atom. The molecule has 8 heteroatoms. The molecule has 0 bridgehead atoms. The lowest BCUT2D eigenvalue weighted by Crippen LogP contribution is -2.15. The van der Waals surface area contributed by atoms with E-state index in [1.165, 1.54) is 0 Å². The molecule has 0 N–H and O–H groups in total. The van der Waals surface area contributed by atoms with Crippen LogP contribution in [0.2, 0.25) is 0 Å². The van der Waals surface area contributed by atoms with Crippen LogP contribution in [0.1, 0.15) is 16.8 Å². The topological polar surface area (TPSA) is 88.2 Å². The lowest BCUT2D eigenvalue weighted by atomic mass is 10.1. The van der Waals surface area contributed by atoms with E-state index in [4.69, 9.17) is 9.47 Å². The van der Waals surface area contributed by atoms with Crippen LogP contribution < -0.4 is 20.3 Å². The first kappa shape index (κ1) is 25.7. The zero-order chi connectivity index (χ0) is 28.5. The summed E-state index contributed by atoms with van der Waals surface area (Å²) in [6.45, 7) is 1.89. The second-order valence-electron chi connectivity index (χ2n) is 10.2. The van der Waals surface area contributed by atoms with Crippen molar-refractivity contribution in [2.24, 2.45) is 0 Å². The molecular weight excluding hydrogens is 528 g/mol. The van der Waals surface area contributed by atoms with Crippen molar-refractivity contribution in [3.63, 3.8) is 0 Å². The Hall–Kier alpha value is -5.24. The van der Waals surface area contributed by atoms with Gasteiger partial charge in [-0.2, -0.15) is 0 Å². The smallest absolute Gasteiger partial charge is 0.207 e. The molecular formula is C34H28N4O4. The third kappa shape index (κ3) is 4.51. The number of aryl methyl sites for hydroxylation is 2. The molecule has 0 amide bonds. The Kier molecular flexibility index (Phi) is 6.71. The average Bonchev–Trinajstić information content (AvgIpc) is 3.74. The molecule has 8 rings (SSSR count). The van der Waals surface area contributed by atoms with Crippen LogP contribution in [0.5, 0.6) is 11.8 Å². The van der Waals surface area contributed by atoms with Gasteiger partial charge in [-0.25, -0.2) is 4.98 Å². The highest BCUT2D eigenvalue weighted by Crippen LogP contribution is 2.30. The van der Waals surface area contributed by atoms with Gasteiger partial charge in [0.1, 0.15) is 5.82 Å². The van der Waals surface area contributed by atoms with Crippen LogP contribution in [-0.4, -0.2) is 32.3 Å². The Labute approximate surface area is 241 Å². The number of benzene rings is 2. The fourth-order valence-corrected chi connectivity index (χ4v) is 5.76. The van der Waals surface area contributed by atoms with E-state index in [2.05, 4.69) is 14.5 Å². The summed E-state index contributed by atoms with van der Waals surface area (Å²) in [4.78, 5) is 33.8. The van der Waals surface area contributed by atoms with Crippen LogP contribution in [0.4, 0.5) is 0 Å². The molecule has 6 aromatic rings. The minimum absolute atomic E-state index is 0.0697. The molecule has 0 saturated heterocycles. The monoisotopic (exact) mass is 556 g/mol. The van der Waals surface area contributed by atoms with Crippen molar-refractivity contribution in [3.05, 3.63) is 135 Å². The minimum Gasteiger partial charge on any atom is -0.478 e. The van der Waals surface area contributed by atoms with E-state index in [9.17, 15) is 9.59 Å². The molecule has 4 aromatic heterocycles. The molecule has 0 saturated carbocycles. The maximum Gasteiger partial charge on any atom is 0.207 e. The number of aromatic nitrogens is 4. The van der Waals surface area contributed by atoms with E-state index in [1.807, 2.05) is 89.5 Å². The molecule has 8 nitrogen and oxygen atoms in total. The van der Waals surface area contributed by atoms with Crippen LogP contribution in [-0.2, 0) is 25.8 Å². The van der Waals surface area contributed by atoms with Gasteiger partial charge in [0.25, 0.3) is 0 Å².